The average Bonchev–Trinajstić information content (AvgIpc) is 2.94. The second-order valence-electron chi connectivity index (χ2n) is 4.26. The molecule has 1 nitrogen and oxygen atoms in total. The van der Waals surface area contributed by atoms with Crippen LogP contribution in [-0.4, -0.2) is 5.75 Å². The monoisotopic (exact) mass is 297 g/mol. The number of nitrogens with zero attached hydrogens (tertiary/aromatic N) is 1. The quantitative estimate of drug-likeness (QED) is 0.455. The van der Waals surface area contributed by atoms with E-state index in [4.69, 9.17) is 5.26 Å². The molecule has 3 heteroatoms. The van der Waals surface area contributed by atoms with Crippen LogP contribution in [0.15, 0.2) is 40.6 Å². The van der Waals surface area contributed by atoms with Crippen molar-refractivity contribution >= 4 is 23.1 Å². The Kier molecular flexibility index (Phi) is 5.74. The molecule has 1 aromatic carbocycles. The van der Waals surface area contributed by atoms with Crippen LogP contribution in [0.25, 0.3) is 0 Å². The standard InChI is InChI=1S/C17H15NS2/c1-2-3-12-19-17-11-10-16(20-17)9-8-14-4-6-15(13-18)7-5-14/h4-7,10-11H,2-3,12H2,1H3. The molecule has 0 saturated carbocycles. The average molecular weight is 297 g/mol. The van der Waals surface area contributed by atoms with Crippen molar-refractivity contribution in [3.8, 4) is 17.9 Å². The van der Waals surface area contributed by atoms with Crippen LogP contribution < -0.4 is 0 Å². The van der Waals surface area contributed by atoms with Gasteiger partial charge in [0.15, 0.2) is 0 Å². The van der Waals surface area contributed by atoms with Gasteiger partial charge in [0.05, 0.1) is 20.7 Å². The molecule has 0 aliphatic heterocycles. The minimum Gasteiger partial charge on any atom is -0.192 e. The third-order valence-electron chi connectivity index (χ3n) is 2.67. The van der Waals surface area contributed by atoms with Gasteiger partial charge in [-0.15, -0.1) is 23.1 Å². The first-order valence-electron chi connectivity index (χ1n) is 6.56. The van der Waals surface area contributed by atoms with Gasteiger partial charge in [-0.1, -0.05) is 25.2 Å². The minimum absolute atomic E-state index is 0.668. The van der Waals surface area contributed by atoms with Crippen molar-refractivity contribution in [1.82, 2.24) is 0 Å². The Labute approximate surface area is 128 Å². The largest absolute Gasteiger partial charge is 0.192 e. The van der Waals surface area contributed by atoms with Crippen molar-refractivity contribution in [2.75, 3.05) is 5.75 Å². The molecule has 0 N–H and O–H groups in total. The summed E-state index contributed by atoms with van der Waals surface area (Å²) in [6, 6.07) is 13.7. The van der Waals surface area contributed by atoms with E-state index in [1.54, 1.807) is 23.5 Å². The molecule has 0 spiro atoms. The van der Waals surface area contributed by atoms with E-state index in [1.807, 2.05) is 23.9 Å². The molecule has 0 bridgehead atoms. The maximum Gasteiger partial charge on any atom is 0.0991 e. The van der Waals surface area contributed by atoms with Crippen molar-refractivity contribution in [2.45, 2.75) is 24.0 Å². The summed E-state index contributed by atoms with van der Waals surface area (Å²) in [6.07, 6.45) is 2.50. The molecular weight excluding hydrogens is 282 g/mol. The molecule has 0 amide bonds. The first kappa shape index (κ1) is 14.7. The third-order valence-corrected chi connectivity index (χ3v) is 4.98. The molecular formula is C17H15NS2. The third kappa shape index (κ3) is 4.46. The number of thiophene rings is 1. The minimum atomic E-state index is 0.668. The fourth-order valence-corrected chi connectivity index (χ4v) is 3.69. The fourth-order valence-electron chi connectivity index (χ4n) is 1.54. The van der Waals surface area contributed by atoms with Gasteiger partial charge in [0, 0.05) is 5.56 Å². The Morgan fingerprint density at radius 1 is 1.05 bits per heavy atom. The van der Waals surface area contributed by atoms with Gasteiger partial charge in [0.1, 0.15) is 0 Å². The van der Waals surface area contributed by atoms with E-state index in [1.165, 1.54) is 22.8 Å². The van der Waals surface area contributed by atoms with Gasteiger partial charge in [-0.3, -0.25) is 0 Å². The smallest absolute Gasteiger partial charge is 0.0991 e. The Bertz CT molecular complexity index is 651. The van der Waals surface area contributed by atoms with E-state index < -0.39 is 0 Å². The van der Waals surface area contributed by atoms with Crippen molar-refractivity contribution < 1.29 is 0 Å². The summed E-state index contributed by atoms with van der Waals surface area (Å²) in [7, 11) is 0. The van der Waals surface area contributed by atoms with Gasteiger partial charge in [0.25, 0.3) is 0 Å². The maximum absolute atomic E-state index is 8.74. The lowest BCUT2D eigenvalue weighted by molar-refractivity contribution is 0.896. The maximum atomic E-state index is 8.74. The Balaban J connectivity index is 1.99. The lowest BCUT2D eigenvalue weighted by atomic mass is 10.1. The molecule has 0 radical (unpaired) electrons. The van der Waals surface area contributed by atoms with E-state index in [2.05, 4.69) is 37.0 Å². The van der Waals surface area contributed by atoms with E-state index in [-0.39, 0.29) is 0 Å². The number of thioether (sulfide) groups is 1. The van der Waals surface area contributed by atoms with E-state index in [0.717, 1.165) is 10.4 Å². The number of nitriles is 1. The van der Waals surface area contributed by atoms with Gasteiger partial charge in [-0.2, -0.15) is 5.26 Å². The molecule has 1 heterocycles. The molecule has 100 valence electrons. The summed E-state index contributed by atoms with van der Waals surface area (Å²) in [5, 5.41) is 8.74. The number of unbranched alkanes of at least 4 members (excludes halogenated alkanes) is 1. The molecule has 0 atom stereocenters. The zero-order valence-corrected chi connectivity index (χ0v) is 13.0. The summed E-state index contributed by atoms with van der Waals surface area (Å²) in [4.78, 5) is 1.09. The van der Waals surface area contributed by atoms with Crippen LogP contribution in [0.1, 0.15) is 35.8 Å². The Hall–Kier alpha value is -1.68. The van der Waals surface area contributed by atoms with Gasteiger partial charge >= 0.3 is 0 Å². The molecule has 0 aliphatic carbocycles. The second kappa shape index (κ2) is 7.80. The van der Waals surface area contributed by atoms with Crippen molar-refractivity contribution in [1.29, 1.82) is 5.26 Å². The van der Waals surface area contributed by atoms with Crippen molar-refractivity contribution in [3.63, 3.8) is 0 Å². The predicted molar refractivity (Wildman–Crippen MR) is 87.1 cm³/mol. The highest BCUT2D eigenvalue weighted by atomic mass is 32.2. The summed E-state index contributed by atoms with van der Waals surface area (Å²) in [5.41, 5.74) is 1.61. The molecule has 20 heavy (non-hydrogen) atoms. The molecule has 1 aromatic heterocycles. The van der Waals surface area contributed by atoms with Crippen LogP contribution >= 0.6 is 23.1 Å². The highest BCUT2D eigenvalue weighted by Gasteiger charge is 1.98. The van der Waals surface area contributed by atoms with Crippen LogP contribution in [-0.2, 0) is 0 Å². The number of benzene rings is 1. The van der Waals surface area contributed by atoms with Crippen LogP contribution in [0, 0.1) is 23.2 Å². The summed E-state index contributed by atoms with van der Waals surface area (Å²) in [6.45, 7) is 2.21. The van der Waals surface area contributed by atoms with Gasteiger partial charge < -0.3 is 0 Å². The van der Waals surface area contributed by atoms with Crippen LogP contribution in [0.4, 0.5) is 0 Å². The van der Waals surface area contributed by atoms with E-state index in [9.17, 15) is 0 Å². The molecule has 0 unspecified atom stereocenters. The molecule has 0 fully saturated rings. The SMILES string of the molecule is CCCCSc1ccc(C#Cc2ccc(C#N)cc2)s1. The van der Waals surface area contributed by atoms with Crippen LogP contribution in [0.3, 0.4) is 0 Å². The van der Waals surface area contributed by atoms with E-state index in [0.29, 0.717) is 5.56 Å². The second-order valence-corrected chi connectivity index (χ2v) is 6.74. The van der Waals surface area contributed by atoms with Crippen molar-refractivity contribution in [3.05, 3.63) is 52.4 Å². The highest BCUT2D eigenvalue weighted by Crippen LogP contribution is 2.27. The molecule has 2 aromatic rings. The lowest BCUT2D eigenvalue weighted by Gasteiger charge is -1.94. The number of hydrogen-bond donors (Lipinski definition) is 0. The summed E-state index contributed by atoms with van der Waals surface area (Å²) >= 11 is 3.65. The first-order valence-corrected chi connectivity index (χ1v) is 8.37. The Morgan fingerprint density at radius 2 is 1.80 bits per heavy atom. The normalized spacial score (nSPS) is 9.60. The van der Waals surface area contributed by atoms with Gasteiger partial charge in [-0.25, -0.2) is 0 Å². The topological polar surface area (TPSA) is 23.8 Å². The van der Waals surface area contributed by atoms with Crippen LogP contribution in [0.2, 0.25) is 0 Å². The molecule has 0 aliphatic rings. The lowest BCUT2D eigenvalue weighted by Crippen LogP contribution is -1.76. The van der Waals surface area contributed by atoms with Crippen LogP contribution in [0.5, 0.6) is 0 Å². The zero-order valence-electron chi connectivity index (χ0n) is 11.3. The summed E-state index contributed by atoms with van der Waals surface area (Å²) in [5.74, 6) is 7.50. The first-order chi connectivity index (χ1) is 9.81. The number of hydrogen-bond acceptors (Lipinski definition) is 3. The van der Waals surface area contributed by atoms with E-state index >= 15 is 0 Å². The van der Waals surface area contributed by atoms with Gasteiger partial charge in [0.2, 0.25) is 0 Å². The zero-order chi connectivity index (χ0) is 14.2. The predicted octanol–water partition coefficient (Wildman–Crippen LogP) is 4.91. The van der Waals surface area contributed by atoms with Crippen molar-refractivity contribution in [2.24, 2.45) is 0 Å². The van der Waals surface area contributed by atoms with Gasteiger partial charge in [-0.05, 0) is 48.6 Å². The Morgan fingerprint density at radius 3 is 2.50 bits per heavy atom. The molecule has 2 rings (SSSR count). The highest BCUT2D eigenvalue weighted by molar-refractivity contribution is 8.01. The number of rotatable bonds is 4. The summed E-state index contributed by atoms with van der Waals surface area (Å²) < 4.78 is 1.34. The molecule has 0 saturated heterocycles. The fraction of sp³-hybridized carbons (Fsp3) is 0.235.